The first-order valence-electron chi connectivity index (χ1n) is 7.36. The molecule has 0 aliphatic heterocycles. The molecule has 3 aromatic rings. The van der Waals surface area contributed by atoms with E-state index >= 15 is 0 Å². The number of hydrogen-bond donors (Lipinski definition) is 1. The van der Waals surface area contributed by atoms with E-state index in [1.807, 2.05) is 54.6 Å². The average Bonchev–Trinajstić information content (AvgIpc) is 3.09. The second-order valence-electron chi connectivity index (χ2n) is 5.04. The molecule has 2 aromatic carbocycles. The smallest absolute Gasteiger partial charge is 0.147 e. The molecule has 0 amide bonds. The number of hydrogen-bond acceptors (Lipinski definition) is 4. The van der Waals surface area contributed by atoms with Crippen LogP contribution in [0.1, 0.15) is 16.9 Å². The number of furan rings is 1. The number of nitriles is 1. The first-order valence-corrected chi connectivity index (χ1v) is 7.74. The van der Waals surface area contributed by atoms with Crippen molar-refractivity contribution in [3.8, 4) is 17.4 Å². The maximum absolute atomic E-state index is 9.15. The molecule has 0 bridgehead atoms. The summed E-state index contributed by atoms with van der Waals surface area (Å²) in [6, 6.07) is 20.7. The van der Waals surface area contributed by atoms with Crippen LogP contribution in [0.3, 0.4) is 0 Å². The maximum Gasteiger partial charge on any atom is 0.147 e. The molecular formula is C19H14ClN3O. The van der Waals surface area contributed by atoms with Crippen LogP contribution in [0.25, 0.3) is 11.3 Å². The van der Waals surface area contributed by atoms with Gasteiger partial charge in [0.15, 0.2) is 0 Å². The van der Waals surface area contributed by atoms with E-state index in [2.05, 4.69) is 16.6 Å². The summed E-state index contributed by atoms with van der Waals surface area (Å²) in [7, 11) is 0. The van der Waals surface area contributed by atoms with Gasteiger partial charge in [-0.2, -0.15) is 10.4 Å². The van der Waals surface area contributed by atoms with E-state index in [-0.39, 0.29) is 0 Å². The van der Waals surface area contributed by atoms with Crippen LogP contribution in [0.15, 0.2) is 70.2 Å². The topological polar surface area (TPSA) is 61.3 Å². The summed E-state index contributed by atoms with van der Waals surface area (Å²) in [6.07, 6.45) is 1.59. The molecule has 0 spiro atoms. The van der Waals surface area contributed by atoms with Crippen molar-refractivity contribution in [3.63, 3.8) is 0 Å². The van der Waals surface area contributed by atoms with Gasteiger partial charge in [-0.25, -0.2) is 0 Å². The highest BCUT2D eigenvalue weighted by Gasteiger charge is 2.08. The minimum atomic E-state index is 0.529. The number of rotatable bonds is 5. The van der Waals surface area contributed by atoms with E-state index in [1.54, 1.807) is 12.3 Å². The fourth-order valence-corrected chi connectivity index (χ4v) is 2.45. The lowest BCUT2D eigenvalue weighted by Gasteiger charge is -2.02. The van der Waals surface area contributed by atoms with E-state index in [1.165, 1.54) is 0 Å². The lowest BCUT2D eigenvalue weighted by Crippen LogP contribution is -2.05. The van der Waals surface area contributed by atoms with Gasteiger partial charge in [0.1, 0.15) is 11.5 Å². The van der Waals surface area contributed by atoms with Crippen molar-refractivity contribution in [2.75, 3.05) is 0 Å². The zero-order valence-electron chi connectivity index (χ0n) is 12.7. The molecule has 1 heterocycles. The highest BCUT2D eigenvalue weighted by Crippen LogP contribution is 2.24. The van der Waals surface area contributed by atoms with E-state index in [0.717, 1.165) is 11.1 Å². The summed E-state index contributed by atoms with van der Waals surface area (Å²) < 4.78 is 5.72. The predicted octanol–water partition coefficient (Wildman–Crippen LogP) is 4.60. The minimum Gasteiger partial charge on any atom is -0.455 e. The van der Waals surface area contributed by atoms with Gasteiger partial charge in [-0.3, -0.25) is 0 Å². The molecule has 0 atom stereocenters. The van der Waals surface area contributed by atoms with Crippen LogP contribution >= 0.6 is 11.6 Å². The molecule has 1 aromatic heterocycles. The van der Waals surface area contributed by atoms with Crippen LogP contribution in [-0.4, -0.2) is 6.21 Å². The SMILES string of the molecule is N#Cc1ccccc1-c1ccc(/C=N\NCc2ccccc2Cl)o1. The Labute approximate surface area is 145 Å². The average molecular weight is 336 g/mol. The molecule has 0 aliphatic rings. The number of nitrogens with one attached hydrogen (secondary N) is 1. The summed E-state index contributed by atoms with van der Waals surface area (Å²) in [4.78, 5) is 0. The van der Waals surface area contributed by atoms with Crippen LogP contribution in [0.4, 0.5) is 0 Å². The Kier molecular flexibility index (Phi) is 4.95. The van der Waals surface area contributed by atoms with Crippen LogP contribution in [-0.2, 0) is 6.54 Å². The van der Waals surface area contributed by atoms with Gasteiger partial charge in [0.2, 0.25) is 0 Å². The van der Waals surface area contributed by atoms with Gasteiger partial charge >= 0.3 is 0 Å². The second kappa shape index (κ2) is 7.49. The van der Waals surface area contributed by atoms with Crippen LogP contribution in [0, 0.1) is 11.3 Å². The molecule has 0 saturated heterocycles. The Hall–Kier alpha value is -3.03. The zero-order valence-corrected chi connectivity index (χ0v) is 13.5. The molecule has 24 heavy (non-hydrogen) atoms. The summed E-state index contributed by atoms with van der Waals surface area (Å²) in [5.41, 5.74) is 5.25. The summed E-state index contributed by atoms with van der Waals surface area (Å²) in [6.45, 7) is 0.529. The van der Waals surface area contributed by atoms with Gasteiger partial charge in [-0.05, 0) is 35.9 Å². The maximum atomic E-state index is 9.15. The lowest BCUT2D eigenvalue weighted by atomic mass is 10.1. The van der Waals surface area contributed by atoms with Crippen molar-refractivity contribution in [1.29, 1.82) is 5.26 Å². The van der Waals surface area contributed by atoms with E-state index < -0.39 is 0 Å². The van der Waals surface area contributed by atoms with Crippen molar-refractivity contribution in [2.45, 2.75) is 6.54 Å². The third-order valence-electron chi connectivity index (χ3n) is 3.45. The molecule has 0 unspecified atom stereocenters. The number of nitrogens with zero attached hydrogens (tertiary/aromatic N) is 2. The fraction of sp³-hybridized carbons (Fsp3) is 0.0526. The van der Waals surface area contributed by atoms with Crippen LogP contribution < -0.4 is 5.43 Å². The molecular weight excluding hydrogens is 322 g/mol. The van der Waals surface area contributed by atoms with E-state index in [9.17, 15) is 0 Å². The predicted molar refractivity (Wildman–Crippen MR) is 94.7 cm³/mol. The first kappa shape index (κ1) is 15.9. The molecule has 4 nitrogen and oxygen atoms in total. The molecule has 1 N–H and O–H groups in total. The van der Waals surface area contributed by atoms with Crippen molar-refractivity contribution >= 4 is 17.8 Å². The van der Waals surface area contributed by atoms with Gasteiger partial charge in [-0.15, -0.1) is 0 Å². The summed E-state index contributed by atoms with van der Waals surface area (Å²) in [5, 5.41) is 14.0. The van der Waals surface area contributed by atoms with Crippen LogP contribution in [0.2, 0.25) is 5.02 Å². The molecule has 3 rings (SSSR count). The molecule has 5 heteroatoms. The molecule has 0 fully saturated rings. The van der Waals surface area contributed by atoms with Crippen molar-refractivity contribution in [3.05, 3.63) is 82.6 Å². The van der Waals surface area contributed by atoms with Crippen molar-refractivity contribution in [2.24, 2.45) is 5.10 Å². The zero-order chi connectivity index (χ0) is 16.8. The summed E-state index contributed by atoms with van der Waals surface area (Å²) >= 11 is 6.08. The lowest BCUT2D eigenvalue weighted by molar-refractivity contribution is 0.573. The van der Waals surface area contributed by atoms with Crippen LogP contribution in [0.5, 0.6) is 0 Å². The van der Waals surface area contributed by atoms with Gasteiger partial charge in [0, 0.05) is 10.6 Å². The fourth-order valence-electron chi connectivity index (χ4n) is 2.24. The van der Waals surface area contributed by atoms with Crippen molar-refractivity contribution in [1.82, 2.24) is 5.43 Å². The Morgan fingerprint density at radius 2 is 1.88 bits per heavy atom. The Morgan fingerprint density at radius 1 is 1.08 bits per heavy atom. The molecule has 0 saturated carbocycles. The Balaban J connectivity index is 1.66. The summed E-state index contributed by atoms with van der Waals surface area (Å²) in [5.74, 6) is 1.24. The largest absolute Gasteiger partial charge is 0.455 e. The molecule has 118 valence electrons. The van der Waals surface area contributed by atoms with Gasteiger partial charge < -0.3 is 9.84 Å². The second-order valence-corrected chi connectivity index (χ2v) is 5.45. The standard InChI is InChI=1S/C19H14ClN3O/c20-18-8-4-2-6-15(18)12-22-23-13-16-9-10-19(24-16)17-7-3-1-5-14(17)11-21/h1-10,13,22H,12H2/b23-13-. The quantitative estimate of drug-likeness (QED) is 0.547. The normalized spacial score (nSPS) is 10.7. The minimum absolute atomic E-state index is 0.529. The molecule has 0 aliphatic carbocycles. The highest BCUT2D eigenvalue weighted by atomic mass is 35.5. The number of benzene rings is 2. The van der Waals surface area contributed by atoms with Crippen molar-refractivity contribution < 1.29 is 4.42 Å². The third-order valence-corrected chi connectivity index (χ3v) is 3.82. The Bertz CT molecular complexity index is 909. The first-order chi connectivity index (χ1) is 11.8. The number of hydrazone groups is 1. The third kappa shape index (κ3) is 3.65. The number of halogens is 1. The highest BCUT2D eigenvalue weighted by molar-refractivity contribution is 6.31. The van der Waals surface area contributed by atoms with Gasteiger partial charge in [0.25, 0.3) is 0 Å². The monoisotopic (exact) mass is 335 g/mol. The van der Waals surface area contributed by atoms with Gasteiger partial charge in [0.05, 0.1) is 24.4 Å². The Morgan fingerprint density at radius 3 is 2.71 bits per heavy atom. The van der Waals surface area contributed by atoms with E-state index in [0.29, 0.717) is 28.7 Å². The molecule has 0 radical (unpaired) electrons. The van der Waals surface area contributed by atoms with E-state index in [4.69, 9.17) is 21.3 Å². The van der Waals surface area contributed by atoms with Gasteiger partial charge in [-0.1, -0.05) is 41.9 Å².